The van der Waals surface area contributed by atoms with Crippen molar-refractivity contribution in [3.05, 3.63) is 18.3 Å². The van der Waals surface area contributed by atoms with Crippen LogP contribution in [0, 0.1) is 5.92 Å². The second-order valence-corrected chi connectivity index (χ2v) is 7.20. The number of hydrogen-bond donors (Lipinski definition) is 1. The Balaban J connectivity index is 1.44. The molecule has 2 atom stereocenters. The third kappa shape index (κ3) is 4.94. The van der Waals surface area contributed by atoms with Crippen molar-refractivity contribution in [2.45, 2.75) is 58.0 Å². The molecule has 0 bridgehead atoms. The predicted molar refractivity (Wildman–Crippen MR) is 96.3 cm³/mol. The van der Waals surface area contributed by atoms with E-state index in [9.17, 15) is 4.79 Å². The van der Waals surface area contributed by atoms with Crippen LogP contribution in [-0.4, -0.2) is 36.7 Å². The lowest BCUT2D eigenvalue weighted by Gasteiger charge is -2.28. The second-order valence-electron chi connectivity index (χ2n) is 7.20. The Morgan fingerprint density at radius 2 is 2.08 bits per heavy atom. The van der Waals surface area contributed by atoms with Crippen molar-refractivity contribution in [3.63, 3.8) is 0 Å². The minimum Gasteiger partial charge on any atom is -0.370 e. The summed E-state index contributed by atoms with van der Waals surface area (Å²) >= 11 is 0. The first-order chi connectivity index (χ1) is 11.7. The van der Waals surface area contributed by atoms with Gasteiger partial charge in [-0.15, -0.1) is 0 Å². The second kappa shape index (κ2) is 8.47. The molecular formula is C19H29N3O2. The molecule has 24 heavy (non-hydrogen) atoms. The Morgan fingerprint density at radius 1 is 1.25 bits per heavy atom. The van der Waals surface area contributed by atoms with Crippen molar-refractivity contribution in [3.8, 4) is 0 Å². The molecule has 2 fully saturated rings. The number of aromatic nitrogens is 1. The number of amides is 1. The molecule has 0 spiro atoms. The highest BCUT2D eigenvalue weighted by molar-refractivity contribution is 5.90. The average molecular weight is 331 g/mol. The van der Waals surface area contributed by atoms with Crippen LogP contribution in [0.25, 0.3) is 0 Å². The predicted octanol–water partition coefficient (Wildman–Crippen LogP) is 3.61. The van der Waals surface area contributed by atoms with Crippen molar-refractivity contribution in [1.82, 2.24) is 4.98 Å². The van der Waals surface area contributed by atoms with E-state index in [-0.39, 0.29) is 18.6 Å². The minimum atomic E-state index is -0.119. The van der Waals surface area contributed by atoms with Gasteiger partial charge < -0.3 is 15.0 Å². The maximum atomic E-state index is 12.0. The molecule has 2 aliphatic rings. The van der Waals surface area contributed by atoms with E-state index in [4.69, 9.17) is 4.74 Å². The number of carbonyl (C=O) groups excluding carboxylic acids is 1. The zero-order valence-corrected chi connectivity index (χ0v) is 14.7. The van der Waals surface area contributed by atoms with Gasteiger partial charge in [0.15, 0.2) is 0 Å². The Morgan fingerprint density at radius 3 is 2.79 bits per heavy atom. The van der Waals surface area contributed by atoms with E-state index in [0.717, 1.165) is 31.6 Å². The number of ether oxygens (including phenoxy) is 1. The third-order valence-electron chi connectivity index (χ3n) is 5.07. The number of piperidine rings is 1. The molecule has 1 saturated heterocycles. The molecule has 1 aliphatic heterocycles. The first-order valence-corrected chi connectivity index (χ1v) is 9.33. The van der Waals surface area contributed by atoms with Gasteiger partial charge in [-0.1, -0.05) is 19.8 Å². The van der Waals surface area contributed by atoms with Gasteiger partial charge in [0, 0.05) is 13.1 Å². The number of nitrogens with one attached hydrogen (secondary N) is 1. The molecular weight excluding hydrogens is 302 g/mol. The lowest BCUT2D eigenvalue weighted by Crippen LogP contribution is -2.29. The summed E-state index contributed by atoms with van der Waals surface area (Å²) in [7, 11) is 0. The summed E-state index contributed by atoms with van der Waals surface area (Å²) in [5.74, 6) is 1.18. The first kappa shape index (κ1) is 17.2. The fraction of sp³-hybridized carbons (Fsp3) is 0.684. The molecule has 0 aromatic carbocycles. The van der Waals surface area contributed by atoms with Crippen molar-refractivity contribution in [2.75, 3.05) is 29.9 Å². The van der Waals surface area contributed by atoms with Crippen LogP contribution in [0.1, 0.15) is 51.9 Å². The number of anilines is 2. The largest absolute Gasteiger partial charge is 0.370 e. The molecule has 1 amide bonds. The van der Waals surface area contributed by atoms with Crippen LogP contribution < -0.4 is 10.2 Å². The number of pyridine rings is 1. The van der Waals surface area contributed by atoms with Gasteiger partial charge in [0.25, 0.3) is 5.91 Å². The molecule has 1 N–H and O–H groups in total. The van der Waals surface area contributed by atoms with Gasteiger partial charge in [0.2, 0.25) is 0 Å². The van der Waals surface area contributed by atoms with E-state index in [1.54, 1.807) is 0 Å². The Hall–Kier alpha value is -1.62. The quantitative estimate of drug-likeness (QED) is 0.895. The fourth-order valence-electron chi connectivity index (χ4n) is 3.70. The molecule has 1 saturated carbocycles. The van der Waals surface area contributed by atoms with E-state index in [1.807, 2.05) is 18.3 Å². The van der Waals surface area contributed by atoms with Crippen molar-refractivity contribution >= 4 is 17.4 Å². The Bertz CT molecular complexity index is 526. The van der Waals surface area contributed by atoms with Gasteiger partial charge in [-0.3, -0.25) is 4.79 Å². The summed E-state index contributed by atoms with van der Waals surface area (Å²) < 4.78 is 5.76. The van der Waals surface area contributed by atoms with Crippen LogP contribution in [0.2, 0.25) is 0 Å². The average Bonchev–Trinajstić information content (AvgIpc) is 2.61. The van der Waals surface area contributed by atoms with Crippen molar-refractivity contribution in [1.29, 1.82) is 0 Å². The van der Waals surface area contributed by atoms with Gasteiger partial charge in [0.1, 0.15) is 12.4 Å². The summed E-state index contributed by atoms with van der Waals surface area (Å²) in [6, 6.07) is 3.92. The zero-order chi connectivity index (χ0) is 16.8. The van der Waals surface area contributed by atoms with Crippen LogP contribution in [0.5, 0.6) is 0 Å². The Labute approximate surface area is 144 Å². The van der Waals surface area contributed by atoms with Crippen LogP contribution >= 0.6 is 0 Å². The molecule has 1 aliphatic carbocycles. The molecule has 132 valence electrons. The summed E-state index contributed by atoms with van der Waals surface area (Å²) in [6.45, 7) is 4.57. The van der Waals surface area contributed by atoms with E-state index in [2.05, 4.69) is 22.1 Å². The van der Waals surface area contributed by atoms with Crippen LogP contribution in [0.15, 0.2) is 18.3 Å². The molecule has 1 aromatic rings. The summed E-state index contributed by atoms with van der Waals surface area (Å²) in [6.07, 6.45) is 10.5. The number of carbonyl (C=O) groups is 1. The highest BCUT2D eigenvalue weighted by Gasteiger charge is 2.20. The van der Waals surface area contributed by atoms with E-state index in [0.29, 0.717) is 11.7 Å². The maximum absolute atomic E-state index is 12.0. The Kier molecular flexibility index (Phi) is 6.07. The lowest BCUT2D eigenvalue weighted by atomic mass is 9.89. The summed E-state index contributed by atoms with van der Waals surface area (Å²) in [4.78, 5) is 18.8. The standard InChI is InChI=1S/C19H29N3O2/c1-15-6-5-7-17(12-15)24-14-19(23)21-18-9-8-16(13-20-18)22-10-3-2-4-11-22/h8-9,13,15,17H,2-7,10-12,14H2,1H3,(H,20,21,23)/t15-,17-/m0/s1. The third-order valence-corrected chi connectivity index (χ3v) is 5.07. The molecule has 0 radical (unpaired) electrons. The molecule has 0 unspecified atom stereocenters. The normalized spacial score (nSPS) is 24.6. The van der Waals surface area contributed by atoms with Crippen LogP contribution in [0.3, 0.4) is 0 Å². The number of rotatable bonds is 5. The van der Waals surface area contributed by atoms with E-state index < -0.39 is 0 Å². The van der Waals surface area contributed by atoms with Crippen LogP contribution in [-0.2, 0) is 9.53 Å². The number of hydrogen-bond acceptors (Lipinski definition) is 4. The highest BCUT2D eigenvalue weighted by Crippen LogP contribution is 2.25. The SMILES string of the molecule is C[C@H]1CCC[C@H](OCC(=O)Nc2ccc(N3CCCCC3)cn2)C1. The smallest absolute Gasteiger partial charge is 0.251 e. The molecule has 5 heteroatoms. The van der Waals surface area contributed by atoms with Gasteiger partial charge in [-0.05, 0) is 50.2 Å². The fourth-order valence-corrected chi connectivity index (χ4v) is 3.70. The maximum Gasteiger partial charge on any atom is 0.251 e. The van der Waals surface area contributed by atoms with Gasteiger partial charge in [-0.2, -0.15) is 0 Å². The van der Waals surface area contributed by atoms with Gasteiger partial charge in [-0.25, -0.2) is 4.98 Å². The van der Waals surface area contributed by atoms with E-state index >= 15 is 0 Å². The van der Waals surface area contributed by atoms with Crippen molar-refractivity contribution in [2.24, 2.45) is 5.92 Å². The van der Waals surface area contributed by atoms with Gasteiger partial charge >= 0.3 is 0 Å². The summed E-state index contributed by atoms with van der Waals surface area (Å²) in [5.41, 5.74) is 1.14. The lowest BCUT2D eigenvalue weighted by molar-refractivity contribution is -0.123. The molecule has 1 aromatic heterocycles. The number of nitrogens with zero attached hydrogens (tertiary/aromatic N) is 2. The molecule has 5 nitrogen and oxygen atoms in total. The summed E-state index contributed by atoms with van der Waals surface area (Å²) in [5, 5.41) is 2.83. The van der Waals surface area contributed by atoms with Gasteiger partial charge in [0.05, 0.1) is 18.0 Å². The van der Waals surface area contributed by atoms with E-state index in [1.165, 1.54) is 32.1 Å². The minimum absolute atomic E-state index is 0.118. The zero-order valence-electron chi connectivity index (χ0n) is 14.7. The highest BCUT2D eigenvalue weighted by atomic mass is 16.5. The molecule has 2 heterocycles. The molecule has 3 rings (SSSR count). The first-order valence-electron chi connectivity index (χ1n) is 9.33. The van der Waals surface area contributed by atoms with Crippen LogP contribution in [0.4, 0.5) is 11.5 Å². The monoisotopic (exact) mass is 331 g/mol. The van der Waals surface area contributed by atoms with Crippen molar-refractivity contribution < 1.29 is 9.53 Å². The topological polar surface area (TPSA) is 54.5 Å².